The molecule has 0 saturated carbocycles. The molecule has 0 aliphatic carbocycles. The molecule has 27 heavy (non-hydrogen) atoms. The molecule has 0 unspecified atom stereocenters. The number of aromatic nitrogens is 3. The summed E-state index contributed by atoms with van der Waals surface area (Å²) in [5, 5.41) is -0.171. The van der Waals surface area contributed by atoms with Crippen LogP contribution in [0.15, 0.2) is 28.4 Å². The van der Waals surface area contributed by atoms with Crippen LogP contribution in [0.25, 0.3) is 0 Å². The molecule has 0 radical (unpaired) electrons. The summed E-state index contributed by atoms with van der Waals surface area (Å²) in [6, 6.07) is 1.39. The van der Waals surface area contributed by atoms with Crippen molar-refractivity contribution in [1.82, 2.24) is 15.0 Å². The summed E-state index contributed by atoms with van der Waals surface area (Å²) < 4.78 is 38.8. The Morgan fingerprint density at radius 3 is 2.48 bits per heavy atom. The third-order valence-electron chi connectivity index (χ3n) is 4.52. The van der Waals surface area contributed by atoms with E-state index in [1.165, 1.54) is 6.07 Å². The van der Waals surface area contributed by atoms with Crippen molar-refractivity contribution in [3.05, 3.63) is 29.2 Å². The van der Waals surface area contributed by atoms with E-state index in [9.17, 15) is 13.2 Å². The zero-order valence-electron chi connectivity index (χ0n) is 14.8. The molecule has 146 valence electrons. The fourth-order valence-electron chi connectivity index (χ4n) is 2.76. The van der Waals surface area contributed by atoms with Gasteiger partial charge in [0.05, 0.1) is 11.2 Å². The van der Waals surface area contributed by atoms with Crippen LogP contribution in [0.2, 0.25) is 5.02 Å². The van der Waals surface area contributed by atoms with E-state index in [2.05, 4.69) is 33.7 Å². The van der Waals surface area contributed by atoms with Crippen LogP contribution < -0.4 is 10.6 Å². The monoisotopic (exact) mass is 417 g/mol. The van der Waals surface area contributed by atoms with Gasteiger partial charge in [-0.2, -0.15) is 13.2 Å². The van der Waals surface area contributed by atoms with E-state index < -0.39 is 16.9 Å². The van der Waals surface area contributed by atoms with E-state index in [4.69, 9.17) is 17.3 Å². The lowest BCUT2D eigenvalue weighted by molar-refractivity contribution is -0.141. The SMILES string of the molecule is CC1(C)CCN(c2cnc(Sc3ccnc(C(F)(F)F)c3Cl)c(N)n2)CC1. The lowest BCUT2D eigenvalue weighted by Gasteiger charge is -2.37. The normalized spacial score (nSPS) is 17.2. The number of alkyl halides is 3. The molecule has 10 heteroatoms. The highest BCUT2D eigenvalue weighted by molar-refractivity contribution is 7.99. The molecular weight excluding hydrogens is 399 g/mol. The number of nitrogens with zero attached hydrogens (tertiary/aromatic N) is 4. The van der Waals surface area contributed by atoms with Crippen molar-refractivity contribution < 1.29 is 13.2 Å². The van der Waals surface area contributed by atoms with E-state index in [0.29, 0.717) is 16.3 Å². The first kappa shape index (κ1) is 20.0. The first-order valence-corrected chi connectivity index (χ1v) is 9.53. The lowest BCUT2D eigenvalue weighted by atomic mass is 9.83. The summed E-state index contributed by atoms with van der Waals surface area (Å²) in [6.45, 7) is 6.19. The second-order valence-corrected chi connectivity index (χ2v) is 8.55. The van der Waals surface area contributed by atoms with Gasteiger partial charge < -0.3 is 10.6 Å². The number of hydrogen-bond acceptors (Lipinski definition) is 6. The van der Waals surface area contributed by atoms with E-state index in [1.807, 2.05) is 0 Å². The van der Waals surface area contributed by atoms with Crippen LogP contribution in [0.5, 0.6) is 0 Å². The smallest absolute Gasteiger partial charge is 0.381 e. The van der Waals surface area contributed by atoms with Gasteiger partial charge in [-0.25, -0.2) is 9.97 Å². The minimum Gasteiger partial charge on any atom is -0.381 e. The van der Waals surface area contributed by atoms with E-state index in [-0.39, 0.29) is 10.7 Å². The topological polar surface area (TPSA) is 67.9 Å². The van der Waals surface area contributed by atoms with E-state index in [1.54, 1.807) is 6.20 Å². The fourth-order valence-corrected chi connectivity index (χ4v) is 3.88. The third-order valence-corrected chi connectivity index (χ3v) is 6.08. The molecule has 3 heterocycles. The summed E-state index contributed by atoms with van der Waals surface area (Å²) in [4.78, 5) is 14.3. The molecular formula is C17H19ClF3N5S. The molecule has 2 aromatic heterocycles. The maximum Gasteiger partial charge on any atom is 0.434 e. The second kappa shape index (κ2) is 7.35. The first-order valence-electron chi connectivity index (χ1n) is 8.34. The highest BCUT2D eigenvalue weighted by atomic mass is 35.5. The summed E-state index contributed by atoms with van der Waals surface area (Å²) in [6.07, 6.45) is 0.105. The molecule has 0 amide bonds. The molecule has 0 bridgehead atoms. The van der Waals surface area contributed by atoms with Crippen LogP contribution in [0, 0.1) is 5.41 Å². The largest absolute Gasteiger partial charge is 0.434 e. The number of piperidine rings is 1. The molecule has 1 aliphatic rings. The minimum absolute atomic E-state index is 0.156. The second-order valence-electron chi connectivity index (χ2n) is 7.14. The molecule has 0 spiro atoms. The van der Waals surface area contributed by atoms with Crippen LogP contribution in [-0.4, -0.2) is 28.0 Å². The minimum atomic E-state index is -4.63. The van der Waals surface area contributed by atoms with Crippen molar-refractivity contribution in [1.29, 1.82) is 0 Å². The van der Waals surface area contributed by atoms with Crippen molar-refractivity contribution in [2.24, 2.45) is 5.41 Å². The molecule has 5 nitrogen and oxygen atoms in total. The molecule has 2 aromatic rings. The van der Waals surface area contributed by atoms with Gasteiger partial charge in [0.2, 0.25) is 0 Å². The van der Waals surface area contributed by atoms with Gasteiger partial charge >= 0.3 is 6.18 Å². The summed E-state index contributed by atoms with van der Waals surface area (Å²) >= 11 is 6.81. The van der Waals surface area contributed by atoms with E-state index >= 15 is 0 Å². The maximum atomic E-state index is 12.9. The Bertz CT molecular complexity index is 834. The van der Waals surface area contributed by atoms with Crippen molar-refractivity contribution in [3.8, 4) is 0 Å². The lowest BCUT2D eigenvalue weighted by Crippen LogP contribution is -2.37. The highest BCUT2D eigenvalue weighted by Gasteiger charge is 2.36. The van der Waals surface area contributed by atoms with Crippen molar-refractivity contribution >= 4 is 35.0 Å². The van der Waals surface area contributed by atoms with Crippen molar-refractivity contribution in [3.63, 3.8) is 0 Å². The standard InChI is InChI=1S/C17H19ClF3N5S/c1-16(2)4-7-26(8-5-16)11-9-24-15(14(22)25-11)27-10-3-6-23-13(12(10)18)17(19,20)21/h3,6,9H,4-5,7-8H2,1-2H3,(H2,22,25). The summed E-state index contributed by atoms with van der Waals surface area (Å²) in [5.41, 5.74) is 5.17. The van der Waals surface area contributed by atoms with Crippen molar-refractivity contribution in [2.75, 3.05) is 23.7 Å². The van der Waals surface area contributed by atoms with Gasteiger partial charge in [-0.15, -0.1) is 0 Å². The zero-order chi connectivity index (χ0) is 19.8. The van der Waals surface area contributed by atoms with Gasteiger partial charge in [-0.05, 0) is 24.3 Å². The highest BCUT2D eigenvalue weighted by Crippen LogP contribution is 2.41. The van der Waals surface area contributed by atoms with Gasteiger partial charge in [0.25, 0.3) is 0 Å². The maximum absolute atomic E-state index is 12.9. The summed E-state index contributed by atoms with van der Waals surface area (Å²) in [5.74, 6) is 0.827. The van der Waals surface area contributed by atoms with Crippen LogP contribution in [0.4, 0.5) is 24.8 Å². The van der Waals surface area contributed by atoms with Gasteiger partial charge in [-0.3, -0.25) is 4.98 Å². The van der Waals surface area contributed by atoms with Crippen molar-refractivity contribution in [2.45, 2.75) is 42.8 Å². The molecule has 3 rings (SSSR count). The Kier molecular flexibility index (Phi) is 5.45. The Balaban J connectivity index is 1.80. The molecule has 0 atom stereocenters. The number of anilines is 2. The van der Waals surface area contributed by atoms with Gasteiger partial charge in [-0.1, -0.05) is 37.2 Å². The molecule has 1 aliphatic heterocycles. The number of hydrogen-bond donors (Lipinski definition) is 1. The zero-order valence-corrected chi connectivity index (χ0v) is 16.4. The molecule has 1 saturated heterocycles. The Morgan fingerprint density at radius 1 is 1.22 bits per heavy atom. The van der Waals surface area contributed by atoms with Crippen LogP contribution in [-0.2, 0) is 6.18 Å². The molecule has 1 fully saturated rings. The van der Waals surface area contributed by atoms with Gasteiger partial charge in [0.1, 0.15) is 10.8 Å². The molecule has 2 N–H and O–H groups in total. The quantitative estimate of drug-likeness (QED) is 0.765. The van der Waals surface area contributed by atoms with Crippen LogP contribution in [0.1, 0.15) is 32.4 Å². The number of pyridine rings is 1. The number of halogens is 4. The molecule has 0 aromatic carbocycles. The first-order chi connectivity index (χ1) is 12.6. The third kappa shape index (κ3) is 4.57. The number of nitrogen functional groups attached to an aromatic ring is 1. The van der Waals surface area contributed by atoms with Crippen LogP contribution >= 0.6 is 23.4 Å². The average molecular weight is 418 g/mol. The fraction of sp³-hybridized carbons (Fsp3) is 0.471. The number of nitrogens with two attached hydrogens (primary N) is 1. The predicted octanol–water partition coefficient (Wildman–Crippen LogP) is 4.90. The average Bonchev–Trinajstić information content (AvgIpc) is 2.57. The van der Waals surface area contributed by atoms with Gasteiger partial charge in [0, 0.05) is 24.2 Å². The Hall–Kier alpha value is -1.74. The number of rotatable bonds is 3. The Labute approximate surface area is 164 Å². The van der Waals surface area contributed by atoms with Gasteiger partial charge in [0.15, 0.2) is 11.5 Å². The Morgan fingerprint density at radius 2 is 1.89 bits per heavy atom. The summed E-state index contributed by atoms with van der Waals surface area (Å²) in [7, 11) is 0. The predicted molar refractivity (Wildman–Crippen MR) is 100 cm³/mol. The van der Waals surface area contributed by atoms with Crippen LogP contribution in [0.3, 0.4) is 0 Å². The van der Waals surface area contributed by atoms with E-state index in [0.717, 1.165) is 43.9 Å².